The minimum absolute atomic E-state index is 0.138. The molecule has 0 fully saturated rings. The first kappa shape index (κ1) is 13.9. The van der Waals surface area contributed by atoms with Gasteiger partial charge in [-0.25, -0.2) is 0 Å². The topological polar surface area (TPSA) is 30.5 Å². The number of methoxy groups -OCH3 is 2. The molecule has 0 radical (unpaired) electrons. The van der Waals surface area contributed by atoms with Gasteiger partial charge in [-0.1, -0.05) is 0 Å². The van der Waals surface area contributed by atoms with Gasteiger partial charge in [0, 0.05) is 21.4 Å². The van der Waals surface area contributed by atoms with Crippen LogP contribution in [0.2, 0.25) is 0 Å². The van der Waals surface area contributed by atoms with Gasteiger partial charge in [-0.05, 0) is 38.2 Å². The highest BCUT2D eigenvalue weighted by Gasteiger charge is 2.18. The van der Waals surface area contributed by atoms with Crippen LogP contribution in [0, 0.1) is 6.92 Å². The number of nitrogens with one attached hydrogen (secondary N) is 1. The van der Waals surface area contributed by atoms with Gasteiger partial charge in [-0.3, -0.25) is 0 Å². The SMILES string of the molecule is CNC(c1ccc(C)s1)c1ccc(OC)cc1OC. The van der Waals surface area contributed by atoms with Crippen LogP contribution in [0.3, 0.4) is 0 Å². The van der Waals surface area contributed by atoms with Gasteiger partial charge in [0.1, 0.15) is 11.5 Å². The zero-order valence-corrected chi connectivity index (χ0v) is 12.5. The molecule has 3 nitrogen and oxygen atoms in total. The Balaban J connectivity index is 2.43. The quantitative estimate of drug-likeness (QED) is 0.909. The first-order valence-corrected chi connectivity index (χ1v) is 6.96. The Morgan fingerprint density at radius 2 is 1.89 bits per heavy atom. The molecule has 2 rings (SSSR count). The summed E-state index contributed by atoms with van der Waals surface area (Å²) < 4.78 is 10.7. The first-order chi connectivity index (χ1) is 9.19. The van der Waals surface area contributed by atoms with E-state index >= 15 is 0 Å². The van der Waals surface area contributed by atoms with E-state index < -0.39 is 0 Å². The highest BCUT2D eigenvalue weighted by molar-refractivity contribution is 7.12. The molecular formula is C15H19NO2S. The van der Waals surface area contributed by atoms with E-state index in [9.17, 15) is 0 Å². The fourth-order valence-corrected chi connectivity index (χ4v) is 3.12. The molecule has 1 unspecified atom stereocenters. The van der Waals surface area contributed by atoms with E-state index in [1.165, 1.54) is 9.75 Å². The van der Waals surface area contributed by atoms with Gasteiger partial charge in [0.2, 0.25) is 0 Å². The second-order valence-electron chi connectivity index (χ2n) is 4.28. The normalized spacial score (nSPS) is 12.2. The lowest BCUT2D eigenvalue weighted by atomic mass is 10.0. The molecular weight excluding hydrogens is 258 g/mol. The van der Waals surface area contributed by atoms with Crippen molar-refractivity contribution in [2.24, 2.45) is 0 Å². The molecule has 102 valence electrons. The standard InChI is InChI=1S/C15H19NO2S/c1-10-5-8-14(19-10)15(16-2)12-7-6-11(17-3)9-13(12)18-4/h5-9,15-16H,1-4H3. The molecule has 2 aromatic rings. The lowest BCUT2D eigenvalue weighted by Crippen LogP contribution is -2.17. The molecule has 0 bridgehead atoms. The van der Waals surface area contributed by atoms with Gasteiger partial charge < -0.3 is 14.8 Å². The summed E-state index contributed by atoms with van der Waals surface area (Å²) in [6.07, 6.45) is 0. The average Bonchev–Trinajstić information content (AvgIpc) is 2.86. The Bertz CT molecular complexity index is 551. The van der Waals surface area contributed by atoms with Crippen molar-refractivity contribution in [1.82, 2.24) is 5.32 Å². The predicted octanol–water partition coefficient (Wildman–Crippen LogP) is 3.38. The number of benzene rings is 1. The number of rotatable bonds is 5. The van der Waals surface area contributed by atoms with E-state index in [1.807, 2.05) is 25.2 Å². The van der Waals surface area contributed by atoms with Crippen molar-refractivity contribution in [2.75, 3.05) is 21.3 Å². The second kappa shape index (κ2) is 6.08. The van der Waals surface area contributed by atoms with Gasteiger partial charge in [0.25, 0.3) is 0 Å². The third kappa shape index (κ3) is 2.91. The first-order valence-electron chi connectivity index (χ1n) is 6.15. The minimum Gasteiger partial charge on any atom is -0.497 e. The molecule has 0 amide bonds. The smallest absolute Gasteiger partial charge is 0.127 e. The third-order valence-electron chi connectivity index (χ3n) is 3.09. The molecule has 4 heteroatoms. The lowest BCUT2D eigenvalue weighted by molar-refractivity contribution is 0.388. The summed E-state index contributed by atoms with van der Waals surface area (Å²) in [6, 6.07) is 10.4. The Labute approximate surface area is 118 Å². The number of aryl methyl sites for hydroxylation is 1. The van der Waals surface area contributed by atoms with Gasteiger partial charge in [-0.15, -0.1) is 11.3 Å². The van der Waals surface area contributed by atoms with Crippen molar-refractivity contribution in [3.8, 4) is 11.5 Å². The number of hydrogen-bond acceptors (Lipinski definition) is 4. The number of ether oxygens (including phenoxy) is 2. The van der Waals surface area contributed by atoms with Crippen LogP contribution in [0.1, 0.15) is 21.4 Å². The molecule has 0 aliphatic carbocycles. The summed E-state index contributed by atoms with van der Waals surface area (Å²) in [5.74, 6) is 1.64. The summed E-state index contributed by atoms with van der Waals surface area (Å²) in [5.41, 5.74) is 1.12. The van der Waals surface area contributed by atoms with E-state index in [0.717, 1.165) is 17.1 Å². The van der Waals surface area contributed by atoms with Gasteiger partial charge >= 0.3 is 0 Å². The summed E-state index contributed by atoms with van der Waals surface area (Å²) in [6.45, 7) is 2.12. The molecule has 19 heavy (non-hydrogen) atoms. The van der Waals surface area contributed by atoms with Crippen molar-refractivity contribution < 1.29 is 9.47 Å². The maximum absolute atomic E-state index is 5.48. The van der Waals surface area contributed by atoms with Crippen LogP contribution in [-0.2, 0) is 0 Å². The van der Waals surface area contributed by atoms with E-state index in [4.69, 9.17) is 9.47 Å². The second-order valence-corrected chi connectivity index (χ2v) is 5.60. The molecule has 1 aromatic heterocycles. The maximum atomic E-state index is 5.48. The Kier molecular flexibility index (Phi) is 4.45. The van der Waals surface area contributed by atoms with Crippen molar-refractivity contribution in [3.63, 3.8) is 0 Å². The maximum Gasteiger partial charge on any atom is 0.127 e. The summed E-state index contributed by atoms with van der Waals surface area (Å²) in [5, 5.41) is 3.35. The van der Waals surface area contributed by atoms with Crippen LogP contribution in [0.15, 0.2) is 30.3 Å². The van der Waals surface area contributed by atoms with Crippen LogP contribution in [0.5, 0.6) is 11.5 Å². The molecule has 1 heterocycles. The van der Waals surface area contributed by atoms with E-state index in [-0.39, 0.29) is 6.04 Å². The summed E-state index contributed by atoms with van der Waals surface area (Å²) in [7, 11) is 5.31. The van der Waals surface area contributed by atoms with Crippen LogP contribution in [0.25, 0.3) is 0 Å². The molecule has 0 saturated carbocycles. The van der Waals surface area contributed by atoms with Crippen molar-refractivity contribution in [3.05, 3.63) is 45.6 Å². The minimum atomic E-state index is 0.138. The molecule has 0 spiro atoms. The predicted molar refractivity (Wildman–Crippen MR) is 79.5 cm³/mol. The molecule has 0 aliphatic rings. The average molecular weight is 277 g/mol. The molecule has 0 aliphatic heterocycles. The van der Waals surface area contributed by atoms with Crippen LogP contribution in [0.4, 0.5) is 0 Å². The van der Waals surface area contributed by atoms with Crippen molar-refractivity contribution in [1.29, 1.82) is 0 Å². The van der Waals surface area contributed by atoms with Gasteiger partial charge in [0.05, 0.1) is 20.3 Å². The third-order valence-corrected chi connectivity index (χ3v) is 4.15. The van der Waals surface area contributed by atoms with Gasteiger partial charge in [0.15, 0.2) is 0 Å². The van der Waals surface area contributed by atoms with E-state index in [0.29, 0.717) is 0 Å². The molecule has 1 N–H and O–H groups in total. The summed E-state index contributed by atoms with van der Waals surface area (Å²) in [4.78, 5) is 2.59. The van der Waals surface area contributed by atoms with Crippen LogP contribution in [-0.4, -0.2) is 21.3 Å². The molecule has 0 saturated heterocycles. The number of thiophene rings is 1. The Hall–Kier alpha value is -1.52. The van der Waals surface area contributed by atoms with E-state index in [2.05, 4.69) is 24.4 Å². The number of hydrogen-bond donors (Lipinski definition) is 1. The summed E-state index contributed by atoms with van der Waals surface area (Å²) >= 11 is 1.80. The van der Waals surface area contributed by atoms with Crippen molar-refractivity contribution >= 4 is 11.3 Å². The highest BCUT2D eigenvalue weighted by atomic mass is 32.1. The zero-order chi connectivity index (χ0) is 13.8. The Morgan fingerprint density at radius 1 is 1.11 bits per heavy atom. The van der Waals surface area contributed by atoms with E-state index in [1.54, 1.807) is 25.6 Å². The fourth-order valence-electron chi connectivity index (χ4n) is 2.12. The molecule has 1 aromatic carbocycles. The van der Waals surface area contributed by atoms with Gasteiger partial charge in [-0.2, -0.15) is 0 Å². The largest absolute Gasteiger partial charge is 0.497 e. The fraction of sp³-hybridized carbons (Fsp3) is 0.333. The zero-order valence-electron chi connectivity index (χ0n) is 11.7. The van der Waals surface area contributed by atoms with Crippen LogP contribution >= 0.6 is 11.3 Å². The molecule has 1 atom stereocenters. The van der Waals surface area contributed by atoms with Crippen molar-refractivity contribution in [2.45, 2.75) is 13.0 Å². The lowest BCUT2D eigenvalue weighted by Gasteiger charge is -2.19. The highest BCUT2D eigenvalue weighted by Crippen LogP contribution is 2.35. The van der Waals surface area contributed by atoms with Crippen LogP contribution < -0.4 is 14.8 Å². The monoisotopic (exact) mass is 277 g/mol. The Morgan fingerprint density at radius 3 is 2.42 bits per heavy atom.